The van der Waals surface area contributed by atoms with Crippen LogP contribution in [-0.2, 0) is 14.4 Å². The lowest BCUT2D eigenvalue weighted by Crippen LogP contribution is -2.54. The number of amides is 4. The van der Waals surface area contributed by atoms with Crippen molar-refractivity contribution in [1.82, 2.24) is 9.80 Å². The van der Waals surface area contributed by atoms with Crippen molar-refractivity contribution in [2.24, 2.45) is 5.73 Å². The summed E-state index contributed by atoms with van der Waals surface area (Å²) < 4.78 is 0. The molecule has 2 unspecified atom stereocenters. The number of benzene rings is 2. The van der Waals surface area contributed by atoms with E-state index in [1.807, 2.05) is 13.0 Å². The van der Waals surface area contributed by atoms with Gasteiger partial charge in [-0.15, -0.1) is 0 Å². The second-order valence-electron chi connectivity index (χ2n) is 6.77. The molecule has 0 bridgehead atoms. The van der Waals surface area contributed by atoms with Gasteiger partial charge < -0.3 is 10.6 Å². The molecule has 0 aliphatic carbocycles. The molecule has 0 fully saturated rings. The zero-order chi connectivity index (χ0) is 21.1. The van der Waals surface area contributed by atoms with Gasteiger partial charge in [-0.1, -0.05) is 55.5 Å². The van der Waals surface area contributed by atoms with Crippen molar-refractivity contribution in [3.63, 3.8) is 0 Å². The van der Waals surface area contributed by atoms with Crippen molar-refractivity contribution in [3.8, 4) is 0 Å². The number of primary amides is 1. The highest BCUT2D eigenvalue weighted by Gasteiger charge is 2.47. The molecule has 0 aromatic heterocycles. The van der Waals surface area contributed by atoms with Crippen molar-refractivity contribution >= 4 is 23.6 Å². The molecule has 4 amide bonds. The lowest BCUT2D eigenvalue weighted by molar-refractivity contribution is -0.146. The molecule has 3 rings (SSSR count). The second-order valence-corrected chi connectivity index (χ2v) is 6.77. The van der Waals surface area contributed by atoms with Crippen LogP contribution < -0.4 is 5.73 Å². The molecular formula is C22H23N3O4. The van der Waals surface area contributed by atoms with E-state index in [1.165, 1.54) is 0 Å². The third-order valence-electron chi connectivity index (χ3n) is 5.18. The summed E-state index contributed by atoms with van der Waals surface area (Å²) in [4.78, 5) is 53.0. The van der Waals surface area contributed by atoms with Crippen molar-refractivity contribution in [1.29, 1.82) is 0 Å². The van der Waals surface area contributed by atoms with Gasteiger partial charge in [-0.05, 0) is 24.1 Å². The Morgan fingerprint density at radius 1 is 1.00 bits per heavy atom. The van der Waals surface area contributed by atoms with E-state index in [2.05, 4.69) is 0 Å². The molecule has 1 aliphatic rings. The van der Waals surface area contributed by atoms with Crippen molar-refractivity contribution in [2.45, 2.75) is 32.4 Å². The van der Waals surface area contributed by atoms with Gasteiger partial charge in [-0.25, -0.2) is 0 Å². The summed E-state index contributed by atoms with van der Waals surface area (Å²) in [6.45, 7) is 3.98. The van der Waals surface area contributed by atoms with Crippen molar-refractivity contribution < 1.29 is 19.2 Å². The maximum Gasteiger partial charge on any atom is 0.319 e. The minimum atomic E-state index is -1.22. The monoisotopic (exact) mass is 393 g/mol. The van der Waals surface area contributed by atoms with E-state index in [9.17, 15) is 19.2 Å². The third-order valence-corrected chi connectivity index (χ3v) is 5.18. The summed E-state index contributed by atoms with van der Waals surface area (Å²) in [5, 5.41) is 0. The van der Waals surface area contributed by atoms with Gasteiger partial charge >= 0.3 is 11.8 Å². The fourth-order valence-corrected chi connectivity index (χ4v) is 3.91. The van der Waals surface area contributed by atoms with Crippen LogP contribution in [-0.4, -0.2) is 40.0 Å². The summed E-state index contributed by atoms with van der Waals surface area (Å²) in [6.07, 6.45) is 0.270. The van der Waals surface area contributed by atoms with Crippen LogP contribution in [0.1, 0.15) is 53.8 Å². The lowest BCUT2D eigenvalue weighted by atomic mass is 9.83. The highest BCUT2D eigenvalue weighted by molar-refractivity contribution is 6.38. The minimum absolute atomic E-state index is 0.117. The van der Waals surface area contributed by atoms with Crippen molar-refractivity contribution in [2.75, 3.05) is 6.54 Å². The Kier molecular flexibility index (Phi) is 5.77. The van der Waals surface area contributed by atoms with E-state index < -0.39 is 29.8 Å². The number of rotatable bonds is 4. The number of carbonyl (C=O) groups excluding carboxylic acids is 4. The average molecular weight is 393 g/mol. The molecule has 1 heterocycles. The molecule has 0 radical (unpaired) electrons. The first-order chi connectivity index (χ1) is 13.9. The van der Waals surface area contributed by atoms with Crippen LogP contribution in [0.25, 0.3) is 0 Å². The van der Waals surface area contributed by atoms with Crippen LogP contribution in [0.15, 0.2) is 54.6 Å². The summed E-state index contributed by atoms with van der Waals surface area (Å²) in [7, 11) is 0. The molecular weight excluding hydrogens is 370 g/mol. The third kappa shape index (κ3) is 3.51. The first-order valence-electron chi connectivity index (χ1n) is 9.53. The maximum atomic E-state index is 13.2. The maximum absolute atomic E-state index is 13.2. The topological polar surface area (TPSA) is 101 Å². The molecule has 0 saturated carbocycles. The zero-order valence-electron chi connectivity index (χ0n) is 16.4. The van der Waals surface area contributed by atoms with Crippen LogP contribution in [0.4, 0.5) is 0 Å². The van der Waals surface area contributed by atoms with E-state index in [0.29, 0.717) is 17.7 Å². The Hall–Kier alpha value is -3.48. The van der Waals surface area contributed by atoms with E-state index in [0.717, 1.165) is 4.90 Å². The number of likely N-dealkylation sites (N-methyl/N-ethyl adjacent to an activating group) is 1. The highest BCUT2D eigenvalue weighted by atomic mass is 16.2. The predicted molar refractivity (Wildman–Crippen MR) is 106 cm³/mol. The highest BCUT2D eigenvalue weighted by Crippen LogP contribution is 2.44. The van der Waals surface area contributed by atoms with Gasteiger partial charge in [0.1, 0.15) is 0 Å². The first kappa shape index (κ1) is 20.3. The zero-order valence-corrected chi connectivity index (χ0v) is 16.4. The molecule has 2 aromatic rings. The standard InChI is InChI=1S/C22H23N3O4/c1-3-17(26)24(4-2)19-15-12-8-9-13-16(15)21(28)25(22(29)20(23)27)18(19)14-10-6-5-7-11-14/h5-13,18-19H,3-4H2,1-2H3,(H2,23,27). The molecule has 2 atom stereocenters. The number of nitrogens with zero attached hydrogens (tertiary/aromatic N) is 2. The minimum Gasteiger partial charge on any atom is -0.361 e. The van der Waals surface area contributed by atoms with E-state index in [4.69, 9.17) is 5.73 Å². The Balaban J connectivity index is 2.31. The largest absolute Gasteiger partial charge is 0.361 e. The van der Waals surface area contributed by atoms with Crippen LogP contribution in [0.5, 0.6) is 0 Å². The number of imide groups is 1. The van der Waals surface area contributed by atoms with Crippen LogP contribution in [0.3, 0.4) is 0 Å². The fraction of sp³-hybridized carbons (Fsp3) is 0.273. The fourth-order valence-electron chi connectivity index (χ4n) is 3.91. The van der Waals surface area contributed by atoms with Gasteiger partial charge in [0.2, 0.25) is 5.91 Å². The Bertz CT molecular complexity index is 958. The Morgan fingerprint density at radius 3 is 2.21 bits per heavy atom. The quantitative estimate of drug-likeness (QED) is 0.805. The molecule has 7 nitrogen and oxygen atoms in total. The van der Waals surface area contributed by atoms with E-state index in [1.54, 1.807) is 60.4 Å². The number of fused-ring (bicyclic) bond motifs is 1. The molecule has 150 valence electrons. The van der Waals surface area contributed by atoms with Gasteiger partial charge in [-0.3, -0.25) is 24.1 Å². The van der Waals surface area contributed by atoms with Gasteiger partial charge in [0, 0.05) is 18.5 Å². The van der Waals surface area contributed by atoms with Crippen LogP contribution >= 0.6 is 0 Å². The summed E-state index contributed by atoms with van der Waals surface area (Å²) in [5.41, 5.74) is 6.82. The van der Waals surface area contributed by atoms with Crippen molar-refractivity contribution in [3.05, 3.63) is 71.3 Å². The summed E-state index contributed by atoms with van der Waals surface area (Å²) >= 11 is 0. The average Bonchev–Trinajstić information content (AvgIpc) is 2.75. The molecule has 2 N–H and O–H groups in total. The molecule has 29 heavy (non-hydrogen) atoms. The number of hydrogen-bond acceptors (Lipinski definition) is 4. The first-order valence-corrected chi connectivity index (χ1v) is 9.53. The predicted octanol–water partition coefficient (Wildman–Crippen LogP) is 2.20. The normalized spacial score (nSPS) is 18.1. The SMILES string of the molecule is CCC(=O)N(CC)C1c2ccccc2C(=O)N(C(=O)C(N)=O)C1c1ccccc1. The van der Waals surface area contributed by atoms with Gasteiger partial charge in [0.15, 0.2) is 0 Å². The molecule has 2 aromatic carbocycles. The Morgan fingerprint density at radius 2 is 1.62 bits per heavy atom. The lowest BCUT2D eigenvalue weighted by Gasteiger charge is -2.45. The van der Waals surface area contributed by atoms with Gasteiger partial charge in [-0.2, -0.15) is 0 Å². The molecule has 7 heteroatoms. The van der Waals surface area contributed by atoms with Gasteiger partial charge in [0.05, 0.1) is 12.1 Å². The summed E-state index contributed by atoms with van der Waals surface area (Å²) in [5.74, 6) is -3.03. The van der Waals surface area contributed by atoms with Gasteiger partial charge in [0.25, 0.3) is 5.91 Å². The van der Waals surface area contributed by atoms with Crippen LogP contribution in [0.2, 0.25) is 0 Å². The molecule has 1 aliphatic heterocycles. The molecule has 0 spiro atoms. The van der Waals surface area contributed by atoms with E-state index in [-0.39, 0.29) is 17.9 Å². The molecule has 0 saturated heterocycles. The van der Waals surface area contributed by atoms with Crippen LogP contribution in [0, 0.1) is 0 Å². The number of nitrogens with two attached hydrogens (primary N) is 1. The van der Waals surface area contributed by atoms with E-state index >= 15 is 0 Å². The second kappa shape index (κ2) is 8.26. The number of hydrogen-bond donors (Lipinski definition) is 1. The Labute approximate surface area is 169 Å². The summed E-state index contributed by atoms with van der Waals surface area (Å²) in [6, 6.07) is 14.3. The number of carbonyl (C=O) groups is 4. The smallest absolute Gasteiger partial charge is 0.319 e.